The van der Waals surface area contributed by atoms with Crippen molar-refractivity contribution in [1.29, 1.82) is 0 Å². The Kier molecular flexibility index (Phi) is 11.9. The van der Waals surface area contributed by atoms with E-state index in [0.29, 0.717) is 6.61 Å². The molecule has 0 fully saturated rings. The summed E-state index contributed by atoms with van der Waals surface area (Å²) in [5.41, 5.74) is 0. The number of aliphatic hydroxyl groups is 2. The lowest BCUT2D eigenvalue weighted by Gasteiger charge is -2.09. The predicted molar refractivity (Wildman–Crippen MR) is 64.9 cm³/mol. The van der Waals surface area contributed by atoms with Crippen LogP contribution < -0.4 is 0 Å². The molecule has 0 aliphatic heterocycles. The summed E-state index contributed by atoms with van der Waals surface area (Å²) in [6.07, 6.45) is 11.2. The number of aliphatic hydroxyl groups excluding tert-OH is 2. The Morgan fingerprint density at radius 1 is 0.800 bits per heavy atom. The lowest BCUT2D eigenvalue weighted by Crippen LogP contribution is -2.05. The van der Waals surface area contributed by atoms with Gasteiger partial charge in [-0.05, 0) is 19.3 Å². The Morgan fingerprint density at radius 2 is 1.33 bits per heavy atom. The topological polar surface area (TPSA) is 40.5 Å². The van der Waals surface area contributed by atoms with E-state index in [0.717, 1.165) is 38.5 Å². The number of rotatable bonds is 11. The van der Waals surface area contributed by atoms with Crippen molar-refractivity contribution in [3.63, 3.8) is 0 Å². The lowest BCUT2D eigenvalue weighted by molar-refractivity contribution is 0.148. The van der Waals surface area contributed by atoms with Gasteiger partial charge < -0.3 is 10.2 Å². The second-order valence-electron chi connectivity index (χ2n) is 4.43. The van der Waals surface area contributed by atoms with Crippen LogP contribution >= 0.6 is 0 Å². The average Bonchev–Trinajstić information content (AvgIpc) is 2.25. The van der Waals surface area contributed by atoms with Gasteiger partial charge in [-0.2, -0.15) is 0 Å². The third-order valence-electron chi connectivity index (χ3n) is 2.84. The minimum atomic E-state index is -0.0672. The molecule has 92 valence electrons. The summed E-state index contributed by atoms with van der Waals surface area (Å²) in [5.74, 6) is 0. The molecule has 0 bridgehead atoms. The molecule has 0 unspecified atom stereocenters. The first-order valence-electron chi connectivity index (χ1n) is 6.60. The Morgan fingerprint density at radius 3 is 1.93 bits per heavy atom. The average molecular weight is 216 g/mol. The number of unbranched alkanes of at least 4 members (excludes halogenated alkanes) is 6. The Hall–Kier alpha value is -0.0800. The van der Waals surface area contributed by atoms with Crippen molar-refractivity contribution in [3.05, 3.63) is 0 Å². The third-order valence-corrected chi connectivity index (χ3v) is 2.84. The quantitative estimate of drug-likeness (QED) is 0.520. The van der Waals surface area contributed by atoms with Crippen molar-refractivity contribution in [2.75, 3.05) is 6.61 Å². The molecule has 0 aliphatic rings. The van der Waals surface area contributed by atoms with Gasteiger partial charge in [-0.25, -0.2) is 0 Å². The summed E-state index contributed by atoms with van der Waals surface area (Å²) in [4.78, 5) is 0. The fourth-order valence-corrected chi connectivity index (χ4v) is 1.78. The van der Waals surface area contributed by atoms with Crippen LogP contribution in [0.1, 0.15) is 71.1 Å². The molecule has 0 aromatic heterocycles. The second kappa shape index (κ2) is 12.0. The lowest BCUT2D eigenvalue weighted by atomic mass is 10.0. The van der Waals surface area contributed by atoms with Crippen molar-refractivity contribution < 1.29 is 10.2 Å². The van der Waals surface area contributed by atoms with Gasteiger partial charge in [0.2, 0.25) is 0 Å². The van der Waals surface area contributed by atoms with E-state index in [-0.39, 0.29) is 6.10 Å². The standard InChI is InChI=1S/C13H28O2/c1-2-3-10-13(15)11-8-6-4-5-7-9-12-14/h13-15H,2-12H2,1H3/t13-/m0/s1. The van der Waals surface area contributed by atoms with Crippen LogP contribution in [0, 0.1) is 0 Å². The molecule has 0 spiro atoms. The fourth-order valence-electron chi connectivity index (χ4n) is 1.78. The van der Waals surface area contributed by atoms with Gasteiger partial charge in [0, 0.05) is 6.61 Å². The summed E-state index contributed by atoms with van der Waals surface area (Å²) in [5, 5.41) is 18.2. The second-order valence-corrected chi connectivity index (χ2v) is 4.43. The maximum Gasteiger partial charge on any atom is 0.0540 e. The molecule has 2 heteroatoms. The van der Waals surface area contributed by atoms with Gasteiger partial charge in [0.05, 0.1) is 6.10 Å². The van der Waals surface area contributed by atoms with Gasteiger partial charge in [0.25, 0.3) is 0 Å². The van der Waals surface area contributed by atoms with Gasteiger partial charge in [-0.1, -0.05) is 51.9 Å². The van der Waals surface area contributed by atoms with E-state index in [2.05, 4.69) is 6.92 Å². The first-order valence-corrected chi connectivity index (χ1v) is 6.60. The highest BCUT2D eigenvalue weighted by Gasteiger charge is 2.02. The molecule has 0 aromatic rings. The molecule has 0 aromatic carbocycles. The van der Waals surface area contributed by atoms with E-state index >= 15 is 0 Å². The summed E-state index contributed by atoms with van der Waals surface area (Å²) in [6.45, 7) is 2.49. The first kappa shape index (κ1) is 14.9. The molecule has 0 saturated carbocycles. The van der Waals surface area contributed by atoms with Crippen molar-refractivity contribution >= 4 is 0 Å². The Labute approximate surface area is 94.7 Å². The van der Waals surface area contributed by atoms with Crippen molar-refractivity contribution in [2.24, 2.45) is 0 Å². The zero-order valence-corrected chi connectivity index (χ0v) is 10.2. The minimum Gasteiger partial charge on any atom is -0.396 e. The summed E-state index contributed by atoms with van der Waals surface area (Å²) in [7, 11) is 0. The molecule has 0 heterocycles. The molecule has 15 heavy (non-hydrogen) atoms. The van der Waals surface area contributed by atoms with Gasteiger partial charge in [0.1, 0.15) is 0 Å². The summed E-state index contributed by atoms with van der Waals surface area (Å²) >= 11 is 0. The normalized spacial score (nSPS) is 13.0. The first-order chi connectivity index (χ1) is 7.31. The smallest absolute Gasteiger partial charge is 0.0540 e. The zero-order chi connectivity index (χ0) is 11.4. The zero-order valence-electron chi connectivity index (χ0n) is 10.2. The van der Waals surface area contributed by atoms with Crippen molar-refractivity contribution in [2.45, 2.75) is 77.2 Å². The van der Waals surface area contributed by atoms with Crippen LogP contribution in [0.5, 0.6) is 0 Å². The van der Waals surface area contributed by atoms with Crippen LogP contribution in [-0.2, 0) is 0 Å². The maximum atomic E-state index is 9.59. The van der Waals surface area contributed by atoms with Crippen LogP contribution in [-0.4, -0.2) is 22.9 Å². The van der Waals surface area contributed by atoms with Crippen LogP contribution in [0.25, 0.3) is 0 Å². The minimum absolute atomic E-state index is 0.0672. The van der Waals surface area contributed by atoms with E-state index in [1.807, 2.05) is 0 Å². The van der Waals surface area contributed by atoms with Gasteiger partial charge in [-0.15, -0.1) is 0 Å². The van der Waals surface area contributed by atoms with Crippen LogP contribution in [0.4, 0.5) is 0 Å². The Balaban J connectivity index is 3.02. The van der Waals surface area contributed by atoms with Crippen LogP contribution in [0.2, 0.25) is 0 Å². The fraction of sp³-hybridized carbons (Fsp3) is 1.00. The van der Waals surface area contributed by atoms with Gasteiger partial charge in [0.15, 0.2) is 0 Å². The summed E-state index contributed by atoms with van der Waals surface area (Å²) in [6, 6.07) is 0. The molecule has 1 atom stereocenters. The molecule has 0 amide bonds. The largest absolute Gasteiger partial charge is 0.396 e. The Bertz CT molecular complexity index is 115. The molecule has 0 radical (unpaired) electrons. The molecule has 0 rings (SSSR count). The van der Waals surface area contributed by atoms with Crippen molar-refractivity contribution in [3.8, 4) is 0 Å². The molecular weight excluding hydrogens is 188 g/mol. The highest BCUT2D eigenvalue weighted by molar-refractivity contribution is 4.56. The van der Waals surface area contributed by atoms with Crippen molar-refractivity contribution in [1.82, 2.24) is 0 Å². The van der Waals surface area contributed by atoms with E-state index in [1.54, 1.807) is 0 Å². The molecule has 0 aliphatic carbocycles. The predicted octanol–water partition coefficient (Wildman–Crippen LogP) is 3.26. The van der Waals surface area contributed by atoms with E-state index < -0.39 is 0 Å². The van der Waals surface area contributed by atoms with Crippen LogP contribution in [0.3, 0.4) is 0 Å². The molecule has 2 N–H and O–H groups in total. The highest BCUT2D eigenvalue weighted by atomic mass is 16.3. The van der Waals surface area contributed by atoms with E-state index in [4.69, 9.17) is 5.11 Å². The third kappa shape index (κ3) is 11.8. The number of hydrogen-bond acceptors (Lipinski definition) is 2. The SMILES string of the molecule is CCCC[C@H](O)CCCCCCCCO. The molecule has 2 nitrogen and oxygen atoms in total. The van der Waals surface area contributed by atoms with E-state index in [1.165, 1.54) is 25.7 Å². The maximum absolute atomic E-state index is 9.59. The highest BCUT2D eigenvalue weighted by Crippen LogP contribution is 2.11. The molecular formula is C13H28O2. The summed E-state index contributed by atoms with van der Waals surface area (Å²) < 4.78 is 0. The van der Waals surface area contributed by atoms with Gasteiger partial charge in [-0.3, -0.25) is 0 Å². The van der Waals surface area contributed by atoms with Crippen LogP contribution in [0.15, 0.2) is 0 Å². The number of hydrogen-bond donors (Lipinski definition) is 2. The monoisotopic (exact) mass is 216 g/mol. The van der Waals surface area contributed by atoms with Gasteiger partial charge >= 0.3 is 0 Å². The van der Waals surface area contributed by atoms with E-state index in [9.17, 15) is 5.11 Å². The molecule has 0 saturated heterocycles.